The van der Waals surface area contributed by atoms with E-state index in [1.54, 1.807) is 0 Å². The van der Waals surface area contributed by atoms with Crippen molar-refractivity contribution in [2.75, 3.05) is 0 Å². The van der Waals surface area contributed by atoms with E-state index in [2.05, 4.69) is 88.5 Å². The molecule has 0 aliphatic rings. The largest absolute Gasteiger partial charge is 0.101 e. The lowest BCUT2D eigenvalue weighted by Crippen LogP contribution is -1.97. The van der Waals surface area contributed by atoms with E-state index in [1.807, 2.05) is 0 Å². The van der Waals surface area contributed by atoms with Crippen LogP contribution in [-0.4, -0.2) is 7.85 Å². The summed E-state index contributed by atoms with van der Waals surface area (Å²) < 4.78 is 0. The second-order valence-corrected chi connectivity index (χ2v) is 7.86. The molecule has 0 atom stereocenters. The van der Waals surface area contributed by atoms with E-state index >= 15 is 0 Å². The Bertz CT molecular complexity index is 614. The van der Waals surface area contributed by atoms with Crippen LogP contribution >= 0.6 is 0 Å². The lowest BCUT2D eigenvalue weighted by molar-refractivity contribution is 0.759. The molecule has 0 saturated heterocycles. The van der Waals surface area contributed by atoms with Gasteiger partial charge in [0, 0.05) is 0 Å². The molecule has 0 bridgehead atoms. The van der Waals surface area contributed by atoms with Crippen LogP contribution in [0.25, 0.3) is 0 Å². The molecule has 0 fully saturated rings. The van der Waals surface area contributed by atoms with Crippen LogP contribution in [0.3, 0.4) is 0 Å². The van der Waals surface area contributed by atoms with Gasteiger partial charge in [0.2, 0.25) is 0 Å². The lowest BCUT2D eigenvalue weighted by Gasteiger charge is -2.15. The third-order valence-corrected chi connectivity index (χ3v) is 5.08. The second-order valence-electron chi connectivity index (χ2n) is 7.86. The van der Waals surface area contributed by atoms with Gasteiger partial charge in [-0.2, -0.15) is 0 Å². The van der Waals surface area contributed by atoms with Crippen LogP contribution in [0, 0.1) is 5.92 Å². The Balaban J connectivity index is 5.86. The first-order valence-corrected chi connectivity index (χ1v) is 9.57. The van der Waals surface area contributed by atoms with Crippen molar-refractivity contribution in [1.29, 1.82) is 0 Å². The predicted molar refractivity (Wildman–Crippen MR) is 120 cm³/mol. The van der Waals surface area contributed by atoms with Gasteiger partial charge >= 0.3 is 0 Å². The van der Waals surface area contributed by atoms with Crippen molar-refractivity contribution >= 4 is 7.85 Å². The normalized spacial score (nSPS) is 13.6. The minimum absolute atomic E-state index is 0.549. The highest BCUT2D eigenvalue weighted by atomic mass is 14.1. The monoisotopic (exact) mass is 338 g/mol. The SMILES string of the molecule is BCCC(=C)/C=C(\C=C(/C)C(=C)CC(C)=C(C)C)C(/C)=C(/C)C(C)C. The Morgan fingerprint density at radius 1 is 0.960 bits per heavy atom. The molecular formula is C24H39B. The van der Waals surface area contributed by atoms with Crippen molar-refractivity contribution in [2.45, 2.75) is 74.6 Å². The van der Waals surface area contributed by atoms with Crippen LogP contribution in [0.4, 0.5) is 0 Å². The quantitative estimate of drug-likeness (QED) is 0.238. The molecule has 0 unspecified atom stereocenters. The lowest BCUT2D eigenvalue weighted by atomic mass is 9.89. The molecule has 25 heavy (non-hydrogen) atoms. The van der Waals surface area contributed by atoms with E-state index < -0.39 is 0 Å². The Labute approximate surface area is 158 Å². The molecular weight excluding hydrogens is 299 g/mol. The van der Waals surface area contributed by atoms with Crippen molar-refractivity contribution in [3.8, 4) is 0 Å². The van der Waals surface area contributed by atoms with E-state index in [1.165, 1.54) is 44.6 Å². The van der Waals surface area contributed by atoms with Crippen molar-refractivity contribution in [2.24, 2.45) is 5.92 Å². The number of allylic oxidation sites excluding steroid dienone is 10. The maximum atomic E-state index is 4.32. The first-order chi connectivity index (χ1) is 11.5. The van der Waals surface area contributed by atoms with Crippen molar-refractivity contribution in [1.82, 2.24) is 0 Å². The molecule has 0 spiro atoms. The summed E-state index contributed by atoms with van der Waals surface area (Å²) in [5.74, 6) is 0.549. The van der Waals surface area contributed by atoms with Gasteiger partial charge in [-0.05, 0) is 82.6 Å². The van der Waals surface area contributed by atoms with E-state index in [-0.39, 0.29) is 0 Å². The molecule has 0 aromatic rings. The van der Waals surface area contributed by atoms with Crippen LogP contribution in [0.15, 0.2) is 69.9 Å². The molecule has 0 aromatic carbocycles. The van der Waals surface area contributed by atoms with Gasteiger partial charge in [0.05, 0.1) is 0 Å². The van der Waals surface area contributed by atoms with Gasteiger partial charge in [-0.1, -0.05) is 67.8 Å². The molecule has 0 aliphatic carbocycles. The summed E-state index contributed by atoms with van der Waals surface area (Å²) in [4.78, 5) is 0. The fourth-order valence-electron chi connectivity index (χ4n) is 2.50. The molecule has 0 heterocycles. The van der Waals surface area contributed by atoms with Crippen LogP contribution in [-0.2, 0) is 0 Å². The molecule has 0 radical (unpaired) electrons. The van der Waals surface area contributed by atoms with E-state index in [4.69, 9.17) is 0 Å². The summed E-state index contributed by atoms with van der Waals surface area (Å²) >= 11 is 0. The van der Waals surface area contributed by atoms with Crippen LogP contribution in [0.2, 0.25) is 6.32 Å². The highest BCUT2D eigenvalue weighted by Gasteiger charge is 2.08. The minimum Gasteiger partial charge on any atom is -0.0958 e. The van der Waals surface area contributed by atoms with Gasteiger partial charge in [0.15, 0.2) is 0 Å². The third kappa shape index (κ3) is 8.43. The number of hydrogen-bond donors (Lipinski definition) is 0. The summed E-state index contributed by atoms with van der Waals surface area (Å²) in [6.07, 6.45) is 7.67. The zero-order chi connectivity index (χ0) is 19.7. The van der Waals surface area contributed by atoms with Crippen LogP contribution < -0.4 is 0 Å². The number of rotatable bonds is 9. The minimum atomic E-state index is 0.549. The van der Waals surface area contributed by atoms with Gasteiger partial charge < -0.3 is 0 Å². The maximum Gasteiger partial charge on any atom is 0.101 e. The van der Waals surface area contributed by atoms with E-state index in [0.717, 1.165) is 19.2 Å². The zero-order valence-corrected chi connectivity index (χ0v) is 18.3. The van der Waals surface area contributed by atoms with Gasteiger partial charge in [-0.3, -0.25) is 0 Å². The molecule has 0 aromatic heterocycles. The molecule has 0 N–H and O–H groups in total. The van der Waals surface area contributed by atoms with Gasteiger partial charge in [-0.25, -0.2) is 0 Å². The molecule has 0 aliphatic heterocycles. The maximum absolute atomic E-state index is 4.32. The Morgan fingerprint density at radius 3 is 1.96 bits per heavy atom. The van der Waals surface area contributed by atoms with E-state index in [0.29, 0.717) is 5.92 Å². The predicted octanol–water partition coefficient (Wildman–Crippen LogP) is 7.15. The highest BCUT2D eigenvalue weighted by Crippen LogP contribution is 2.27. The Morgan fingerprint density at radius 2 is 1.52 bits per heavy atom. The summed E-state index contributed by atoms with van der Waals surface area (Å²) in [7, 11) is 2.20. The van der Waals surface area contributed by atoms with E-state index in [9.17, 15) is 0 Å². The third-order valence-electron chi connectivity index (χ3n) is 5.08. The average molecular weight is 338 g/mol. The summed E-state index contributed by atoms with van der Waals surface area (Å²) in [5, 5.41) is 0. The zero-order valence-electron chi connectivity index (χ0n) is 18.3. The fraction of sp³-hybridized carbons (Fsp3) is 0.500. The highest BCUT2D eigenvalue weighted by molar-refractivity contribution is 6.08. The average Bonchev–Trinajstić information content (AvgIpc) is 2.52. The van der Waals surface area contributed by atoms with Crippen LogP contribution in [0.1, 0.15) is 68.2 Å². The topological polar surface area (TPSA) is 0 Å². The Kier molecular flexibility index (Phi) is 10.5. The first-order valence-electron chi connectivity index (χ1n) is 9.57. The standard InChI is InChI=1S/C24H39B/c1-16(2)19(6)14-20(7)21(8)15-24(13-18(5)11-12-25)23(10)22(9)17(3)4/h13,15,17H,5,7,11-12,14,25H2,1-4,6,8-10H3/b21-15+,23-22-,24-13+. The second kappa shape index (κ2) is 11.2. The Hall–Kier alpha value is -1.50. The molecule has 138 valence electrons. The molecule has 0 nitrogen and oxygen atoms in total. The molecule has 0 amide bonds. The van der Waals surface area contributed by atoms with Crippen LogP contribution in [0.5, 0.6) is 0 Å². The molecule has 0 saturated carbocycles. The molecule has 1 heteroatoms. The summed E-state index contributed by atoms with van der Waals surface area (Å²) in [5.41, 5.74) is 10.5. The summed E-state index contributed by atoms with van der Waals surface area (Å²) in [6, 6.07) is 0. The van der Waals surface area contributed by atoms with Gasteiger partial charge in [-0.15, -0.1) is 0 Å². The molecule has 0 rings (SSSR count). The fourth-order valence-corrected chi connectivity index (χ4v) is 2.50. The van der Waals surface area contributed by atoms with Crippen molar-refractivity contribution in [3.63, 3.8) is 0 Å². The van der Waals surface area contributed by atoms with Gasteiger partial charge in [0.25, 0.3) is 0 Å². The van der Waals surface area contributed by atoms with Gasteiger partial charge in [0.1, 0.15) is 7.85 Å². The number of hydrogen-bond acceptors (Lipinski definition) is 0. The van der Waals surface area contributed by atoms with Crippen molar-refractivity contribution in [3.05, 3.63) is 69.9 Å². The van der Waals surface area contributed by atoms with Crippen molar-refractivity contribution < 1.29 is 0 Å². The smallest absolute Gasteiger partial charge is 0.0958 e. The summed E-state index contributed by atoms with van der Waals surface area (Å²) in [6.45, 7) is 26.2. The first kappa shape index (κ1) is 23.5.